The lowest BCUT2D eigenvalue weighted by Gasteiger charge is -2.13. The second-order valence-corrected chi connectivity index (χ2v) is 7.82. The van der Waals surface area contributed by atoms with Crippen molar-refractivity contribution in [3.8, 4) is 0 Å². The highest BCUT2D eigenvalue weighted by molar-refractivity contribution is 7.91. The Bertz CT molecular complexity index is 647. The number of aromatic nitrogens is 3. The average molecular weight is 305 g/mol. The van der Waals surface area contributed by atoms with Gasteiger partial charge in [-0.1, -0.05) is 11.3 Å². The molecule has 0 saturated carbocycles. The smallest absolute Gasteiger partial charge is 0.272 e. The highest BCUT2D eigenvalue weighted by atomic mass is 32.2. The molecule has 0 spiro atoms. The maximum absolute atomic E-state index is 12.1. The Hall–Kier alpha value is -1.10. The second-order valence-electron chi connectivity index (χ2n) is 3.53. The molecule has 18 heavy (non-hydrogen) atoms. The summed E-state index contributed by atoms with van der Waals surface area (Å²) in [6, 6.07) is 0. The molecule has 0 aliphatic heterocycles. The van der Waals surface area contributed by atoms with E-state index in [0.29, 0.717) is 5.69 Å². The zero-order chi connectivity index (χ0) is 13.3. The Kier molecular flexibility index (Phi) is 3.61. The minimum Gasteiger partial charge on any atom is -0.374 e. The summed E-state index contributed by atoms with van der Waals surface area (Å²) in [5.74, 6) is 0. The number of aryl methyl sites for hydroxylation is 1. The molecule has 0 atom stereocenters. The summed E-state index contributed by atoms with van der Waals surface area (Å²) < 4.78 is 25.3. The molecule has 0 amide bonds. The minimum absolute atomic E-state index is 0.102. The van der Waals surface area contributed by atoms with Gasteiger partial charge in [0.2, 0.25) is 9.47 Å². The van der Waals surface area contributed by atoms with E-state index < -0.39 is 10.0 Å². The SMILES string of the molecule is Cc1nc(CN(C)S(=O)(=O)c2nnc(N)s2)cs1. The molecule has 2 aromatic rings. The van der Waals surface area contributed by atoms with E-state index in [9.17, 15) is 8.42 Å². The van der Waals surface area contributed by atoms with Gasteiger partial charge in [-0.2, -0.15) is 4.31 Å². The van der Waals surface area contributed by atoms with E-state index in [0.717, 1.165) is 16.3 Å². The molecule has 0 radical (unpaired) electrons. The van der Waals surface area contributed by atoms with Crippen LogP contribution < -0.4 is 5.73 Å². The predicted octanol–water partition coefficient (Wildman–Crippen LogP) is 0.706. The molecule has 0 aliphatic carbocycles. The first kappa shape index (κ1) is 13.3. The van der Waals surface area contributed by atoms with E-state index in [4.69, 9.17) is 5.73 Å². The normalized spacial score (nSPS) is 12.2. The third-order valence-electron chi connectivity index (χ3n) is 2.10. The molecule has 98 valence electrons. The van der Waals surface area contributed by atoms with Crippen LogP contribution in [0.1, 0.15) is 10.7 Å². The maximum Gasteiger partial charge on any atom is 0.272 e. The molecule has 0 unspecified atom stereocenters. The molecule has 2 heterocycles. The number of anilines is 1. The molecule has 0 fully saturated rings. The number of sulfonamides is 1. The van der Waals surface area contributed by atoms with E-state index in [1.807, 2.05) is 12.3 Å². The van der Waals surface area contributed by atoms with E-state index in [-0.39, 0.29) is 16.0 Å². The van der Waals surface area contributed by atoms with Crippen LogP contribution in [-0.2, 0) is 16.6 Å². The second kappa shape index (κ2) is 4.88. The van der Waals surface area contributed by atoms with Crippen LogP contribution in [0.5, 0.6) is 0 Å². The van der Waals surface area contributed by atoms with Crippen molar-refractivity contribution >= 4 is 37.8 Å². The van der Waals surface area contributed by atoms with Crippen LogP contribution >= 0.6 is 22.7 Å². The fraction of sp³-hybridized carbons (Fsp3) is 0.375. The summed E-state index contributed by atoms with van der Waals surface area (Å²) in [4.78, 5) is 4.22. The van der Waals surface area contributed by atoms with Crippen molar-refractivity contribution in [3.63, 3.8) is 0 Å². The number of hydrogen-bond donors (Lipinski definition) is 1. The Morgan fingerprint density at radius 3 is 2.67 bits per heavy atom. The average Bonchev–Trinajstić information content (AvgIpc) is 2.88. The van der Waals surface area contributed by atoms with Gasteiger partial charge in [0.15, 0.2) is 0 Å². The van der Waals surface area contributed by atoms with E-state index >= 15 is 0 Å². The first-order valence-corrected chi connectivity index (χ1v) is 7.99. The molecule has 7 nitrogen and oxygen atoms in total. The van der Waals surface area contributed by atoms with Gasteiger partial charge in [0.25, 0.3) is 10.0 Å². The third-order valence-corrected chi connectivity index (χ3v) is 5.83. The lowest BCUT2D eigenvalue weighted by Crippen LogP contribution is -2.26. The monoisotopic (exact) mass is 305 g/mol. The Morgan fingerprint density at radius 1 is 1.44 bits per heavy atom. The van der Waals surface area contributed by atoms with Crippen molar-refractivity contribution in [1.82, 2.24) is 19.5 Å². The number of rotatable bonds is 4. The first-order valence-electron chi connectivity index (χ1n) is 4.86. The van der Waals surface area contributed by atoms with Crippen LogP contribution in [0, 0.1) is 6.92 Å². The van der Waals surface area contributed by atoms with Gasteiger partial charge < -0.3 is 5.73 Å². The van der Waals surface area contributed by atoms with Crippen LogP contribution in [-0.4, -0.2) is 35.0 Å². The third kappa shape index (κ3) is 2.66. The van der Waals surface area contributed by atoms with Crippen LogP contribution in [0.2, 0.25) is 0 Å². The molecular weight excluding hydrogens is 294 g/mol. The Labute approximate surface area is 112 Å². The van der Waals surface area contributed by atoms with E-state index in [1.165, 1.54) is 22.7 Å². The van der Waals surface area contributed by atoms with Crippen molar-refractivity contribution in [3.05, 3.63) is 16.1 Å². The highest BCUT2D eigenvalue weighted by Crippen LogP contribution is 2.21. The number of thiazole rings is 1. The number of hydrogen-bond acceptors (Lipinski definition) is 8. The molecule has 0 aromatic carbocycles. The van der Waals surface area contributed by atoms with Gasteiger partial charge in [0, 0.05) is 12.4 Å². The largest absolute Gasteiger partial charge is 0.374 e. The van der Waals surface area contributed by atoms with Crippen molar-refractivity contribution in [1.29, 1.82) is 0 Å². The molecular formula is C8H11N5O2S3. The van der Waals surface area contributed by atoms with Crippen molar-refractivity contribution in [2.24, 2.45) is 0 Å². The van der Waals surface area contributed by atoms with Gasteiger partial charge in [-0.25, -0.2) is 13.4 Å². The van der Waals surface area contributed by atoms with Gasteiger partial charge in [-0.05, 0) is 6.92 Å². The zero-order valence-electron chi connectivity index (χ0n) is 9.69. The van der Waals surface area contributed by atoms with Gasteiger partial charge >= 0.3 is 0 Å². The summed E-state index contributed by atoms with van der Waals surface area (Å²) in [6.07, 6.45) is 0. The molecule has 2 N–H and O–H groups in total. The van der Waals surface area contributed by atoms with E-state index in [1.54, 1.807) is 0 Å². The van der Waals surface area contributed by atoms with Crippen LogP contribution in [0.4, 0.5) is 5.13 Å². The summed E-state index contributed by atoms with van der Waals surface area (Å²) in [7, 11) is -2.17. The van der Waals surface area contributed by atoms with Gasteiger partial charge in [-0.15, -0.1) is 21.5 Å². The highest BCUT2D eigenvalue weighted by Gasteiger charge is 2.25. The fourth-order valence-corrected chi connectivity index (χ4v) is 3.97. The topological polar surface area (TPSA) is 102 Å². The molecule has 0 saturated heterocycles. The number of nitrogen functional groups attached to an aromatic ring is 1. The van der Waals surface area contributed by atoms with Crippen LogP contribution in [0.15, 0.2) is 9.72 Å². The minimum atomic E-state index is -3.64. The van der Waals surface area contributed by atoms with Gasteiger partial charge in [-0.3, -0.25) is 0 Å². The van der Waals surface area contributed by atoms with Crippen molar-refractivity contribution in [2.45, 2.75) is 17.8 Å². The Morgan fingerprint density at radius 2 is 2.17 bits per heavy atom. The maximum atomic E-state index is 12.1. The number of nitrogens with two attached hydrogens (primary N) is 1. The van der Waals surface area contributed by atoms with Crippen molar-refractivity contribution < 1.29 is 8.42 Å². The molecule has 0 aliphatic rings. The lowest BCUT2D eigenvalue weighted by molar-refractivity contribution is 0.461. The predicted molar refractivity (Wildman–Crippen MR) is 69.8 cm³/mol. The number of nitrogens with zero attached hydrogens (tertiary/aromatic N) is 4. The summed E-state index contributed by atoms with van der Waals surface area (Å²) in [5, 5.41) is 9.91. The van der Waals surface area contributed by atoms with E-state index in [2.05, 4.69) is 15.2 Å². The van der Waals surface area contributed by atoms with Gasteiger partial charge in [0.05, 0.1) is 17.2 Å². The summed E-state index contributed by atoms with van der Waals surface area (Å²) in [6.45, 7) is 2.07. The van der Waals surface area contributed by atoms with Gasteiger partial charge in [0.1, 0.15) is 0 Å². The summed E-state index contributed by atoms with van der Waals surface area (Å²) >= 11 is 2.33. The van der Waals surface area contributed by atoms with Crippen LogP contribution in [0.3, 0.4) is 0 Å². The first-order chi connectivity index (χ1) is 8.39. The fourth-order valence-electron chi connectivity index (χ4n) is 1.25. The molecule has 2 aromatic heterocycles. The molecule has 2 rings (SSSR count). The van der Waals surface area contributed by atoms with Crippen LogP contribution in [0.25, 0.3) is 0 Å². The Balaban J connectivity index is 2.20. The standard InChI is InChI=1S/C8H11N5O2S3/c1-5-10-6(4-16-5)3-13(2)18(14,15)8-12-11-7(9)17-8/h4H,3H2,1-2H3,(H2,9,11). The lowest BCUT2D eigenvalue weighted by atomic mass is 10.5. The zero-order valence-corrected chi connectivity index (χ0v) is 12.1. The molecule has 10 heteroatoms. The quantitative estimate of drug-likeness (QED) is 0.892. The summed E-state index contributed by atoms with van der Waals surface area (Å²) in [5.41, 5.74) is 6.09. The van der Waals surface area contributed by atoms with Crippen molar-refractivity contribution in [2.75, 3.05) is 12.8 Å². The molecule has 0 bridgehead atoms.